The Kier molecular flexibility index (Phi) is 3.52. The predicted molar refractivity (Wildman–Crippen MR) is 77.3 cm³/mol. The number of carbonyl (C=O) groups is 1. The van der Waals surface area contributed by atoms with Gasteiger partial charge < -0.3 is 15.8 Å². The van der Waals surface area contributed by atoms with Crippen LogP contribution in [0, 0.1) is 11.8 Å². The summed E-state index contributed by atoms with van der Waals surface area (Å²) in [6.45, 7) is 1.95. The van der Waals surface area contributed by atoms with Crippen molar-refractivity contribution in [2.45, 2.75) is 24.9 Å². The van der Waals surface area contributed by atoms with Crippen molar-refractivity contribution in [3.63, 3.8) is 0 Å². The van der Waals surface area contributed by atoms with Gasteiger partial charge in [-0.1, -0.05) is 18.6 Å². The maximum Gasteiger partial charge on any atom is 0.248 e. The summed E-state index contributed by atoms with van der Waals surface area (Å²) in [5.74, 6) is 0.545. The normalized spacial score (nSPS) is 32.9. The molecule has 4 heteroatoms. The Morgan fingerprint density at radius 1 is 1.35 bits per heavy atom. The summed E-state index contributed by atoms with van der Waals surface area (Å²) < 4.78 is 6.07. The van der Waals surface area contributed by atoms with Gasteiger partial charge in [-0.3, -0.25) is 4.79 Å². The Morgan fingerprint density at radius 3 is 2.65 bits per heavy atom. The van der Waals surface area contributed by atoms with Gasteiger partial charge in [0.25, 0.3) is 0 Å². The van der Waals surface area contributed by atoms with Crippen molar-refractivity contribution in [3.05, 3.63) is 35.4 Å². The summed E-state index contributed by atoms with van der Waals surface area (Å²) in [6, 6.07) is 7.68. The SMILES string of the molecule is CO[C@]1(c2cccc(C(N)=O)c2)[C@@H]2CCC[C@H]1CNC2. The van der Waals surface area contributed by atoms with Crippen LogP contribution in [-0.2, 0) is 10.3 Å². The lowest BCUT2D eigenvalue weighted by atomic mass is 9.63. The van der Waals surface area contributed by atoms with Crippen molar-refractivity contribution in [2.75, 3.05) is 20.2 Å². The van der Waals surface area contributed by atoms with Gasteiger partial charge in [-0.15, -0.1) is 0 Å². The molecule has 3 rings (SSSR count). The zero-order chi connectivity index (χ0) is 14.2. The number of piperidine rings is 1. The fraction of sp³-hybridized carbons (Fsp3) is 0.562. The van der Waals surface area contributed by atoms with Crippen LogP contribution >= 0.6 is 0 Å². The summed E-state index contributed by atoms with van der Waals surface area (Å²) >= 11 is 0. The van der Waals surface area contributed by atoms with Gasteiger partial charge in [-0.05, 0) is 30.5 Å². The third-order valence-electron chi connectivity index (χ3n) is 5.04. The Balaban J connectivity index is 2.08. The number of carbonyl (C=O) groups excluding carboxylic acids is 1. The maximum atomic E-state index is 11.4. The van der Waals surface area contributed by atoms with Crippen molar-refractivity contribution < 1.29 is 9.53 Å². The number of hydrogen-bond donors (Lipinski definition) is 2. The number of ether oxygens (including phenoxy) is 1. The van der Waals surface area contributed by atoms with Crippen LogP contribution in [0.3, 0.4) is 0 Å². The average Bonchev–Trinajstić information content (AvgIpc) is 2.46. The molecular formula is C16H22N2O2. The zero-order valence-corrected chi connectivity index (χ0v) is 11.9. The first-order valence-electron chi connectivity index (χ1n) is 7.34. The van der Waals surface area contributed by atoms with E-state index in [4.69, 9.17) is 10.5 Å². The van der Waals surface area contributed by atoms with Crippen molar-refractivity contribution in [1.82, 2.24) is 5.32 Å². The van der Waals surface area contributed by atoms with Gasteiger partial charge in [0.1, 0.15) is 5.60 Å². The third kappa shape index (κ3) is 1.95. The van der Waals surface area contributed by atoms with Crippen LogP contribution in [0.25, 0.3) is 0 Å². The Hall–Kier alpha value is -1.39. The van der Waals surface area contributed by atoms with Gasteiger partial charge in [0, 0.05) is 37.6 Å². The van der Waals surface area contributed by atoms with Crippen LogP contribution in [0.5, 0.6) is 0 Å². The van der Waals surface area contributed by atoms with E-state index in [1.807, 2.05) is 12.1 Å². The molecule has 0 aromatic heterocycles. The number of nitrogens with two attached hydrogens (primary N) is 1. The molecule has 1 aromatic rings. The number of nitrogens with one attached hydrogen (secondary N) is 1. The minimum absolute atomic E-state index is 0.269. The number of methoxy groups -OCH3 is 1. The standard InChI is InChI=1S/C16H22N2O2/c1-20-16(12-5-2-4-11(8-12)15(17)19)13-6-3-7-14(16)10-18-9-13/h2,4-5,8,13-14,18H,3,6-7,9-10H2,1H3,(H2,17,19)/t13-,14+,16-. The van der Waals surface area contributed by atoms with Gasteiger partial charge >= 0.3 is 0 Å². The number of amides is 1. The lowest BCUT2D eigenvalue weighted by Crippen LogP contribution is -2.57. The highest BCUT2D eigenvalue weighted by Crippen LogP contribution is 2.49. The van der Waals surface area contributed by atoms with Gasteiger partial charge in [-0.25, -0.2) is 0 Å². The van der Waals surface area contributed by atoms with E-state index in [2.05, 4.69) is 11.4 Å². The molecule has 1 aliphatic heterocycles. The summed E-state index contributed by atoms with van der Waals surface area (Å²) in [5.41, 5.74) is 6.82. The molecule has 0 spiro atoms. The minimum Gasteiger partial charge on any atom is -0.373 e. The molecular weight excluding hydrogens is 252 g/mol. The molecule has 2 bridgehead atoms. The van der Waals surface area contributed by atoms with Crippen LogP contribution in [0.1, 0.15) is 35.2 Å². The third-order valence-corrected chi connectivity index (χ3v) is 5.04. The first kappa shape index (κ1) is 13.6. The van der Waals surface area contributed by atoms with E-state index in [-0.39, 0.29) is 11.5 Å². The molecule has 0 radical (unpaired) electrons. The quantitative estimate of drug-likeness (QED) is 0.881. The highest BCUT2D eigenvalue weighted by molar-refractivity contribution is 5.92. The van der Waals surface area contributed by atoms with Crippen LogP contribution in [0.4, 0.5) is 0 Å². The molecule has 1 amide bonds. The van der Waals surface area contributed by atoms with E-state index >= 15 is 0 Å². The van der Waals surface area contributed by atoms with Crippen LogP contribution in [0.15, 0.2) is 24.3 Å². The summed E-state index contributed by atoms with van der Waals surface area (Å²) in [4.78, 5) is 11.4. The molecule has 1 heterocycles. The molecule has 108 valence electrons. The molecule has 1 aromatic carbocycles. The highest BCUT2D eigenvalue weighted by Gasteiger charge is 2.51. The minimum atomic E-state index is -0.378. The number of hydrogen-bond acceptors (Lipinski definition) is 3. The second-order valence-electron chi connectivity index (χ2n) is 5.93. The molecule has 1 saturated carbocycles. The van der Waals surface area contributed by atoms with Gasteiger partial charge in [0.05, 0.1) is 0 Å². The van der Waals surface area contributed by atoms with E-state index in [9.17, 15) is 4.79 Å². The molecule has 4 nitrogen and oxygen atoms in total. The zero-order valence-electron chi connectivity index (χ0n) is 11.9. The second kappa shape index (κ2) is 5.19. The molecule has 1 aliphatic carbocycles. The van der Waals surface area contributed by atoms with Crippen molar-refractivity contribution >= 4 is 5.91 Å². The first-order chi connectivity index (χ1) is 9.68. The number of rotatable bonds is 3. The smallest absolute Gasteiger partial charge is 0.248 e. The lowest BCUT2D eigenvalue weighted by Gasteiger charge is -2.52. The van der Waals surface area contributed by atoms with Crippen molar-refractivity contribution in [3.8, 4) is 0 Å². The van der Waals surface area contributed by atoms with E-state index in [1.54, 1.807) is 13.2 Å². The lowest BCUT2D eigenvalue weighted by molar-refractivity contribution is -0.144. The molecule has 3 atom stereocenters. The molecule has 2 aliphatic rings. The van der Waals surface area contributed by atoms with Crippen LogP contribution in [0.2, 0.25) is 0 Å². The van der Waals surface area contributed by atoms with Gasteiger partial charge in [0.2, 0.25) is 5.91 Å². The largest absolute Gasteiger partial charge is 0.373 e. The van der Waals surface area contributed by atoms with Crippen LogP contribution in [-0.4, -0.2) is 26.1 Å². The molecule has 20 heavy (non-hydrogen) atoms. The number of benzene rings is 1. The van der Waals surface area contributed by atoms with Gasteiger partial charge in [-0.2, -0.15) is 0 Å². The van der Waals surface area contributed by atoms with Crippen LogP contribution < -0.4 is 11.1 Å². The summed E-state index contributed by atoms with van der Waals surface area (Å²) in [7, 11) is 1.80. The van der Waals surface area contributed by atoms with E-state index in [0.29, 0.717) is 17.4 Å². The molecule has 3 N–H and O–H groups in total. The first-order valence-corrected chi connectivity index (χ1v) is 7.34. The van der Waals surface area contributed by atoms with E-state index < -0.39 is 0 Å². The highest BCUT2D eigenvalue weighted by atomic mass is 16.5. The fourth-order valence-corrected chi connectivity index (χ4v) is 4.15. The topological polar surface area (TPSA) is 64.3 Å². The molecule has 1 saturated heterocycles. The Labute approximate surface area is 119 Å². The Morgan fingerprint density at radius 2 is 2.05 bits per heavy atom. The van der Waals surface area contributed by atoms with Gasteiger partial charge in [0.15, 0.2) is 0 Å². The average molecular weight is 274 g/mol. The van der Waals surface area contributed by atoms with Crippen molar-refractivity contribution in [2.24, 2.45) is 17.6 Å². The Bertz CT molecular complexity index is 493. The fourth-order valence-electron chi connectivity index (χ4n) is 4.15. The molecule has 2 fully saturated rings. The monoisotopic (exact) mass is 274 g/mol. The predicted octanol–water partition coefficient (Wildman–Crippen LogP) is 1.65. The number of fused-ring (bicyclic) bond motifs is 2. The summed E-state index contributed by atoms with van der Waals surface area (Å²) in [5, 5.41) is 3.51. The maximum absolute atomic E-state index is 11.4. The summed E-state index contributed by atoms with van der Waals surface area (Å²) in [6.07, 6.45) is 3.59. The number of primary amides is 1. The van der Waals surface area contributed by atoms with E-state index in [0.717, 1.165) is 31.5 Å². The van der Waals surface area contributed by atoms with Crippen molar-refractivity contribution in [1.29, 1.82) is 0 Å². The van der Waals surface area contributed by atoms with E-state index in [1.165, 1.54) is 6.42 Å². The second-order valence-corrected chi connectivity index (χ2v) is 5.93. The molecule has 0 unspecified atom stereocenters.